The van der Waals surface area contributed by atoms with Crippen molar-refractivity contribution in [3.63, 3.8) is 0 Å². The van der Waals surface area contributed by atoms with E-state index in [0.717, 1.165) is 12.8 Å². The Hall–Kier alpha value is -0.830. The van der Waals surface area contributed by atoms with Crippen LogP contribution in [0.5, 0.6) is 0 Å². The first kappa shape index (κ1) is 7.80. The Labute approximate surface area is 74.8 Å². The summed E-state index contributed by atoms with van der Waals surface area (Å²) in [5.74, 6) is -0.203. The summed E-state index contributed by atoms with van der Waals surface area (Å²) in [6.07, 6.45) is 1.66. The number of rotatable bonds is 2. The van der Waals surface area contributed by atoms with Gasteiger partial charge in [0, 0.05) is 4.88 Å². The summed E-state index contributed by atoms with van der Waals surface area (Å²) in [6, 6.07) is 4.11. The molecule has 1 aromatic rings. The zero-order chi connectivity index (χ0) is 8.55. The van der Waals surface area contributed by atoms with E-state index in [1.807, 2.05) is 11.4 Å². The van der Waals surface area contributed by atoms with Crippen LogP contribution in [-0.2, 0) is 4.79 Å². The van der Waals surface area contributed by atoms with E-state index in [2.05, 4.69) is 6.07 Å². The van der Waals surface area contributed by atoms with Crippen LogP contribution in [-0.4, -0.2) is 11.1 Å². The average Bonchev–Trinajstić information content (AvgIpc) is 2.34. The van der Waals surface area contributed by atoms with Crippen molar-refractivity contribution < 1.29 is 9.90 Å². The zero-order valence-corrected chi connectivity index (χ0v) is 7.38. The molecule has 0 bridgehead atoms. The van der Waals surface area contributed by atoms with Crippen LogP contribution in [0.1, 0.15) is 23.6 Å². The predicted molar refractivity (Wildman–Crippen MR) is 47.4 cm³/mol. The molecule has 0 radical (unpaired) electrons. The van der Waals surface area contributed by atoms with Crippen LogP contribution >= 0.6 is 11.3 Å². The van der Waals surface area contributed by atoms with Crippen molar-refractivity contribution in [3.05, 3.63) is 22.4 Å². The molecule has 0 amide bonds. The van der Waals surface area contributed by atoms with Gasteiger partial charge in [-0.2, -0.15) is 0 Å². The SMILES string of the molecule is O=C(O)C1CC(c2cccs2)C1. The first-order valence-corrected chi connectivity index (χ1v) is 4.91. The molecule has 1 aromatic heterocycles. The van der Waals surface area contributed by atoms with Crippen molar-refractivity contribution in [3.8, 4) is 0 Å². The van der Waals surface area contributed by atoms with Crippen LogP contribution in [0.3, 0.4) is 0 Å². The van der Waals surface area contributed by atoms with Gasteiger partial charge in [0.15, 0.2) is 0 Å². The molecule has 0 aliphatic heterocycles. The van der Waals surface area contributed by atoms with E-state index in [1.54, 1.807) is 11.3 Å². The maximum Gasteiger partial charge on any atom is 0.306 e. The third-order valence-electron chi connectivity index (χ3n) is 2.43. The molecule has 0 unspecified atom stereocenters. The van der Waals surface area contributed by atoms with Crippen LogP contribution in [0.15, 0.2) is 17.5 Å². The number of aliphatic carboxylic acids is 1. The maximum absolute atomic E-state index is 10.5. The number of carbonyl (C=O) groups is 1. The Balaban J connectivity index is 1.94. The first-order chi connectivity index (χ1) is 5.77. The molecule has 12 heavy (non-hydrogen) atoms. The Kier molecular flexibility index (Phi) is 1.89. The minimum absolute atomic E-state index is 0.0860. The van der Waals surface area contributed by atoms with Crippen LogP contribution in [0, 0.1) is 5.92 Å². The van der Waals surface area contributed by atoms with E-state index in [-0.39, 0.29) is 5.92 Å². The summed E-state index contributed by atoms with van der Waals surface area (Å²) in [4.78, 5) is 11.8. The summed E-state index contributed by atoms with van der Waals surface area (Å²) in [6.45, 7) is 0. The fraction of sp³-hybridized carbons (Fsp3) is 0.444. The summed E-state index contributed by atoms with van der Waals surface area (Å²) in [5, 5.41) is 10.7. The highest BCUT2D eigenvalue weighted by atomic mass is 32.1. The van der Waals surface area contributed by atoms with Gasteiger partial charge < -0.3 is 5.11 Å². The fourth-order valence-corrected chi connectivity index (χ4v) is 2.43. The molecule has 3 heteroatoms. The normalized spacial score (nSPS) is 28.0. The van der Waals surface area contributed by atoms with Crippen molar-refractivity contribution in [2.45, 2.75) is 18.8 Å². The lowest BCUT2D eigenvalue weighted by Gasteiger charge is -2.31. The maximum atomic E-state index is 10.5. The first-order valence-electron chi connectivity index (χ1n) is 4.03. The van der Waals surface area contributed by atoms with E-state index in [9.17, 15) is 4.79 Å². The van der Waals surface area contributed by atoms with Crippen LogP contribution in [0.2, 0.25) is 0 Å². The minimum atomic E-state index is -0.636. The minimum Gasteiger partial charge on any atom is -0.481 e. The van der Waals surface area contributed by atoms with Crippen LogP contribution in [0.25, 0.3) is 0 Å². The number of carboxylic acid groups (broad SMARTS) is 1. The second-order valence-corrected chi connectivity index (χ2v) is 4.20. The van der Waals surface area contributed by atoms with Gasteiger partial charge in [-0.1, -0.05) is 6.07 Å². The quantitative estimate of drug-likeness (QED) is 0.762. The van der Waals surface area contributed by atoms with Crippen LogP contribution in [0.4, 0.5) is 0 Å². The lowest BCUT2D eigenvalue weighted by molar-refractivity contribution is -0.145. The van der Waals surface area contributed by atoms with Gasteiger partial charge in [0.25, 0.3) is 0 Å². The summed E-state index contributed by atoms with van der Waals surface area (Å²) < 4.78 is 0. The Bertz CT molecular complexity index is 273. The molecule has 1 aliphatic rings. The second-order valence-electron chi connectivity index (χ2n) is 3.22. The molecule has 1 N–H and O–H groups in total. The van der Waals surface area contributed by atoms with E-state index in [1.165, 1.54) is 4.88 Å². The monoisotopic (exact) mass is 182 g/mol. The summed E-state index contributed by atoms with van der Waals surface area (Å²) >= 11 is 1.73. The van der Waals surface area contributed by atoms with Gasteiger partial charge in [0.1, 0.15) is 0 Å². The third kappa shape index (κ3) is 1.25. The molecular weight excluding hydrogens is 172 g/mol. The van der Waals surface area contributed by atoms with Gasteiger partial charge in [-0.05, 0) is 30.2 Å². The van der Waals surface area contributed by atoms with E-state index in [0.29, 0.717) is 5.92 Å². The number of thiophene rings is 1. The van der Waals surface area contributed by atoms with E-state index in [4.69, 9.17) is 5.11 Å². The van der Waals surface area contributed by atoms with E-state index >= 15 is 0 Å². The van der Waals surface area contributed by atoms with Crippen LogP contribution < -0.4 is 0 Å². The number of hydrogen-bond donors (Lipinski definition) is 1. The second kappa shape index (κ2) is 2.90. The van der Waals surface area contributed by atoms with Crippen molar-refractivity contribution in [1.82, 2.24) is 0 Å². The Morgan fingerprint density at radius 3 is 2.83 bits per heavy atom. The highest BCUT2D eigenvalue weighted by Gasteiger charge is 2.35. The molecular formula is C9H10O2S. The standard InChI is InChI=1S/C9H10O2S/c10-9(11)7-4-6(5-7)8-2-1-3-12-8/h1-3,6-7H,4-5H2,(H,10,11). The molecule has 0 spiro atoms. The van der Waals surface area contributed by atoms with Gasteiger partial charge in [-0.3, -0.25) is 4.79 Å². The zero-order valence-electron chi connectivity index (χ0n) is 6.56. The summed E-state index contributed by atoms with van der Waals surface area (Å²) in [7, 11) is 0. The molecule has 1 fully saturated rings. The number of carboxylic acids is 1. The van der Waals surface area contributed by atoms with Crippen molar-refractivity contribution in [2.75, 3.05) is 0 Å². The molecule has 2 rings (SSSR count). The predicted octanol–water partition coefficient (Wildman–Crippen LogP) is 2.33. The summed E-state index contributed by atoms with van der Waals surface area (Å²) in [5.41, 5.74) is 0. The molecule has 1 aliphatic carbocycles. The van der Waals surface area contributed by atoms with Gasteiger partial charge in [-0.15, -0.1) is 11.3 Å². The molecule has 2 nitrogen and oxygen atoms in total. The van der Waals surface area contributed by atoms with Crippen molar-refractivity contribution >= 4 is 17.3 Å². The molecule has 1 saturated carbocycles. The van der Waals surface area contributed by atoms with Crippen molar-refractivity contribution in [1.29, 1.82) is 0 Å². The molecule has 0 atom stereocenters. The highest BCUT2D eigenvalue weighted by molar-refractivity contribution is 7.10. The topological polar surface area (TPSA) is 37.3 Å². The van der Waals surface area contributed by atoms with Gasteiger partial charge in [0.05, 0.1) is 5.92 Å². The average molecular weight is 182 g/mol. The highest BCUT2D eigenvalue weighted by Crippen LogP contribution is 2.43. The molecule has 0 aromatic carbocycles. The van der Waals surface area contributed by atoms with Gasteiger partial charge in [0.2, 0.25) is 0 Å². The smallest absolute Gasteiger partial charge is 0.306 e. The largest absolute Gasteiger partial charge is 0.481 e. The van der Waals surface area contributed by atoms with Gasteiger partial charge >= 0.3 is 5.97 Å². The molecule has 1 heterocycles. The third-order valence-corrected chi connectivity index (χ3v) is 3.47. The Morgan fingerprint density at radius 1 is 1.58 bits per heavy atom. The van der Waals surface area contributed by atoms with Gasteiger partial charge in [-0.25, -0.2) is 0 Å². The fourth-order valence-electron chi connectivity index (χ4n) is 1.58. The number of hydrogen-bond acceptors (Lipinski definition) is 2. The Morgan fingerprint density at radius 2 is 2.33 bits per heavy atom. The van der Waals surface area contributed by atoms with E-state index < -0.39 is 5.97 Å². The lowest BCUT2D eigenvalue weighted by atomic mass is 9.74. The molecule has 64 valence electrons. The van der Waals surface area contributed by atoms with Crippen molar-refractivity contribution in [2.24, 2.45) is 5.92 Å². The lowest BCUT2D eigenvalue weighted by Crippen LogP contribution is -2.28. The molecule has 0 saturated heterocycles.